The molecular weight excluding hydrogens is 400 g/mol. The number of rotatable bonds is 7. The Kier molecular flexibility index (Phi) is 8.62. The quantitative estimate of drug-likeness (QED) is 0.706. The van der Waals surface area contributed by atoms with Crippen molar-refractivity contribution in [2.75, 3.05) is 43.6 Å². The third-order valence-corrected chi connectivity index (χ3v) is 5.32. The van der Waals surface area contributed by atoms with Crippen LogP contribution in [-0.2, 0) is 20.9 Å². The highest BCUT2D eigenvalue weighted by atomic mass is 35.5. The molecule has 0 aliphatic carbocycles. The van der Waals surface area contributed by atoms with Gasteiger partial charge in [-0.1, -0.05) is 0 Å². The van der Waals surface area contributed by atoms with Crippen LogP contribution in [0.5, 0.6) is 0 Å². The molecular formula is C19H27ClN4O3S. The minimum Gasteiger partial charge on any atom is -0.378 e. The predicted octanol–water partition coefficient (Wildman–Crippen LogP) is 1.94. The molecule has 1 aromatic heterocycles. The zero-order chi connectivity index (χ0) is 19.2. The summed E-state index contributed by atoms with van der Waals surface area (Å²) in [4.78, 5) is 26.5. The van der Waals surface area contributed by atoms with Crippen LogP contribution < -0.4 is 11.1 Å². The smallest absolute Gasteiger partial charge is 0.242 e. The maximum atomic E-state index is 12.5. The largest absolute Gasteiger partial charge is 0.378 e. The number of nitrogens with two attached hydrogens (primary N) is 1. The summed E-state index contributed by atoms with van der Waals surface area (Å²) in [5, 5.41) is 3.85. The molecule has 2 aromatic rings. The molecule has 0 radical (unpaired) electrons. The van der Waals surface area contributed by atoms with Crippen LogP contribution in [0.4, 0.5) is 5.69 Å². The van der Waals surface area contributed by atoms with Gasteiger partial charge in [-0.25, -0.2) is 0 Å². The molecule has 2 heterocycles. The molecule has 1 fully saturated rings. The van der Waals surface area contributed by atoms with Crippen LogP contribution in [0, 0.1) is 0 Å². The number of carbonyl (C=O) groups is 2. The predicted molar refractivity (Wildman–Crippen MR) is 116 cm³/mol. The molecule has 0 bridgehead atoms. The molecule has 154 valence electrons. The van der Waals surface area contributed by atoms with Crippen molar-refractivity contribution in [1.29, 1.82) is 0 Å². The number of benzene rings is 1. The second kappa shape index (κ2) is 10.7. The van der Waals surface area contributed by atoms with E-state index in [0.717, 1.165) is 16.7 Å². The van der Waals surface area contributed by atoms with Crippen molar-refractivity contribution in [3.05, 3.63) is 30.5 Å². The molecule has 0 spiro atoms. The molecule has 1 aromatic carbocycles. The first-order valence-electron chi connectivity index (χ1n) is 9.08. The van der Waals surface area contributed by atoms with Gasteiger partial charge in [0.05, 0.1) is 19.3 Å². The van der Waals surface area contributed by atoms with Gasteiger partial charge in [-0.15, -0.1) is 12.4 Å². The Morgan fingerprint density at radius 1 is 1.29 bits per heavy atom. The molecule has 7 nitrogen and oxygen atoms in total. The van der Waals surface area contributed by atoms with E-state index in [-0.39, 0.29) is 24.2 Å². The van der Waals surface area contributed by atoms with E-state index in [1.165, 1.54) is 0 Å². The Bertz CT molecular complexity index is 808. The van der Waals surface area contributed by atoms with Crippen molar-refractivity contribution < 1.29 is 14.3 Å². The number of aromatic nitrogens is 1. The second-order valence-electron chi connectivity index (χ2n) is 6.59. The van der Waals surface area contributed by atoms with Crippen molar-refractivity contribution in [2.45, 2.75) is 19.0 Å². The number of anilines is 1. The maximum absolute atomic E-state index is 12.5. The average Bonchev–Trinajstić information content (AvgIpc) is 3.08. The number of carbonyl (C=O) groups excluding carboxylic acids is 2. The molecule has 3 N–H and O–H groups in total. The molecule has 0 saturated carbocycles. The lowest BCUT2D eigenvalue weighted by molar-refractivity contribution is -0.135. The van der Waals surface area contributed by atoms with Crippen LogP contribution in [0.25, 0.3) is 10.9 Å². The van der Waals surface area contributed by atoms with Crippen molar-refractivity contribution in [2.24, 2.45) is 5.73 Å². The summed E-state index contributed by atoms with van der Waals surface area (Å²) in [5.41, 5.74) is 7.58. The number of fused-ring (bicyclic) bond motifs is 1. The van der Waals surface area contributed by atoms with E-state index >= 15 is 0 Å². The molecule has 1 atom stereocenters. The number of morpholine rings is 1. The monoisotopic (exact) mass is 426 g/mol. The normalized spacial score (nSPS) is 15.1. The number of nitrogens with zero attached hydrogens (tertiary/aromatic N) is 2. The lowest BCUT2D eigenvalue weighted by Gasteiger charge is -2.27. The molecule has 1 aliphatic rings. The number of nitrogens with one attached hydrogen (secondary N) is 1. The van der Waals surface area contributed by atoms with E-state index in [2.05, 4.69) is 5.32 Å². The van der Waals surface area contributed by atoms with Crippen molar-refractivity contribution >= 4 is 52.6 Å². The molecule has 2 amide bonds. The first kappa shape index (κ1) is 22.5. The van der Waals surface area contributed by atoms with Crippen molar-refractivity contribution in [1.82, 2.24) is 9.47 Å². The number of hydrogen-bond acceptors (Lipinski definition) is 5. The van der Waals surface area contributed by atoms with E-state index in [4.69, 9.17) is 10.5 Å². The lowest BCUT2D eigenvalue weighted by atomic mass is 10.2. The van der Waals surface area contributed by atoms with Gasteiger partial charge in [0.2, 0.25) is 11.8 Å². The average molecular weight is 427 g/mol. The van der Waals surface area contributed by atoms with Gasteiger partial charge in [-0.3, -0.25) is 9.59 Å². The van der Waals surface area contributed by atoms with Crippen molar-refractivity contribution in [3.63, 3.8) is 0 Å². The van der Waals surface area contributed by atoms with Gasteiger partial charge in [0.1, 0.15) is 6.54 Å². The summed E-state index contributed by atoms with van der Waals surface area (Å²) in [7, 11) is 0. The highest BCUT2D eigenvalue weighted by Gasteiger charge is 2.18. The number of hydrogen-bond donors (Lipinski definition) is 2. The Balaban J connectivity index is 0.00000280. The molecule has 1 saturated heterocycles. The number of thioether (sulfide) groups is 1. The number of amides is 2. The minimum atomic E-state index is -0.510. The molecule has 9 heteroatoms. The molecule has 0 unspecified atom stereocenters. The van der Waals surface area contributed by atoms with Gasteiger partial charge in [0, 0.05) is 35.9 Å². The molecule has 3 rings (SSSR count). The van der Waals surface area contributed by atoms with Crippen molar-refractivity contribution in [3.8, 4) is 0 Å². The topological polar surface area (TPSA) is 89.6 Å². The van der Waals surface area contributed by atoms with Crippen LogP contribution in [0.3, 0.4) is 0 Å². The fraction of sp³-hybridized carbons (Fsp3) is 0.474. The van der Waals surface area contributed by atoms with Crippen LogP contribution in [0.15, 0.2) is 30.5 Å². The number of halogens is 1. The minimum absolute atomic E-state index is 0. The van der Waals surface area contributed by atoms with E-state index in [9.17, 15) is 9.59 Å². The summed E-state index contributed by atoms with van der Waals surface area (Å²) < 4.78 is 7.23. The summed E-state index contributed by atoms with van der Waals surface area (Å²) in [6.45, 7) is 2.78. The SMILES string of the molecule is CSCC[C@H](N)C(=O)Nc1ccc2c(ccn2CC(=O)N2CCOCC2)c1.Cl. The fourth-order valence-corrected chi connectivity index (χ4v) is 3.57. The third-order valence-electron chi connectivity index (χ3n) is 4.68. The van der Waals surface area contributed by atoms with Gasteiger partial charge in [-0.2, -0.15) is 11.8 Å². The van der Waals surface area contributed by atoms with Crippen LogP contribution in [0.2, 0.25) is 0 Å². The van der Waals surface area contributed by atoms with Crippen LogP contribution >= 0.6 is 24.2 Å². The summed E-state index contributed by atoms with van der Waals surface area (Å²) in [6.07, 6.45) is 4.54. The van der Waals surface area contributed by atoms with E-state index in [0.29, 0.717) is 45.0 Å². The Morgan fingerprint density at radius 2 is 2.04 bits per heavy atom. The van der Waals surface area contributed by atoms with E-state index in [1.807, 2.05) is 46.2 Å². The van der Waals surface area contributed by atoms with E-state index in [1.54, 1.807) is 11.8 Å². The molecule has 1 aliphatic heterocycles. The Hall–Kier alpha value is -1.74. The molecule has 28 heavy (non-hydrogen) atoms. The summed E-state index contributed by atoms with van der Waals surface area (Å²) >= 11 is 1.67. The number of ether oxygens (including phenoxy) is 1. The Morgan fingerprint density at radius 3 is 2.75 bits per heavy atom. The van der Waals surface area contributed by atoms with Gasteiger partial charge in [0.15, 0.2) is 0 Å². The summed E-state index contributed by atoms with van der Waals surface area (Å²) in [5.74, 6) is 0.770. The van der Waals surface area contributed by atoms with E-state index < -0.39 is 6.04 Å². The highest BCUT2D eigenvalue weighted by molar-refractivity contribution is 7.98. The van der Waals surface area contributed by atoms with Crippen LogP contribution in [0.1, 0.15) is 6.42 Å². The zero-order valence-electron chi connectivity index (χ0n) is 15.9. The standard InChI is InChI=1S/C19H26N4O3S.ClH/c1-27-11-5-16(20)19(25)21-15-2-3-17-14(12-15)4-6-23(17)13-18(24)22-7-9-26-10-8-22;/h2-4,6,12,16H,5,7-11,13,20H2,1H3,(H,21,25);1H/t16-;/m0./s1. The second-order valence-corrected chi connectivity index (χ2v) is 7.57. The fourth-order valence-electron chi connectivity index (χ4n) is 3.09. The van der Waals surface area contributed by atoms with Gasteiger partial charge in [0.25, 0.3) is 0 Å². The van der Waals surface area contributed by atoms with Gasteiger partial charge in [-0.05, 0) is 42.7 Å². The highest BCUT2D eigenvalue weighted by Crippen LogP contribution is 2.21. The first-order valence-corrected chi connectivity index (χ1v) is 10.5. The first-order chi connectivity index (χ1) is 13.1. The third kappa shape index (κ3) is 5.64. The van der Waals surface area contributed by atoms with Gasteiger partial charge < -0.3 is 25.3 Å². The maximum Gasteiger partial charge on any atom is 0.242 e. The zero-order valence-corrected chi connectivity index (χ0v) is 17.6. The van der Waals surface area contributed by atoms with Gasteiger partial charge >= 0.3 is 0 Å². The van der Waals surface area contributed by atoms with Crippen LogP contribution in [-0.4, -0.2) is 65.6 Å². The Labute approximate surface area is 175 Å². The lowest BCUT2D eigenvalue weighted by Crippen LogP contribution is -2.42. The summed E-state index contributed by atoms with van der Waals surface area (Å²) in [6, 6.07) is 7.11.